The molecule has 0 bridgehead atoms. The van der Waals surface area contributed by atoms with Gasteiger partial charge in [-0.3, -0.25) is 4.98 Å². The van der Waals surface area contributed by atoms with E-state index >= 15 is 0 Å². The van der Waals surface area contributed by atoms with Crippen molar-refractivity contribution < 1.29 is 8.42 Å². The van der Waals surface area contributed by atoms with E-state index in [-0.39, 0.29) is 10.9 Å². The summed E-state index contributed by atoms with van der Waals surface area (Å²) in [6.45, 7) is 4.45. The predicted molar refractivity (Wildman–Crippen MR) is 85.7 cm³/mol. The quantitative estimate of drug-likeness (QED) is 0.661. The first kappa shape index (κ1) is 15.5. The van der Waals surface area contributed by atoms with Crippen LogP contribution in [0.1, 0.15) is 17.8 Å². The zero-order chi connectivity index (χ0) is 16.4. The number of hydrogen-bond acceptors (Lipinski definition) is 6. The second-order valence-electron chi connectivity index (χ2n) is 5.34. The fourth-order valence-electron chi connectivity index (χ4n) is 2.60. The van der Waals surface area contributed by atoms with Crippen LogP contribution >= 0.6 is 0 Å². The molecule has 23 heavy (non-hydrogen) atoms. The van der Waals surface area contributed by atoms with Gasteiger partial charge in [0, 0.05) is 25.1 Å². The van der Waals surface area contributed by atoms with Crippen LogP contribution in [0.5, 0.6) is 0 Å². The van der Waals surface area contributed by atoms with Crippen LogP contribution in [-0.4, -0.2) is 38.7 Å². The highest BCUT2D eigenvalue weighted by atomic mass is 32.2. The third-order valence-corrected chi connectivity index (χ3v) is 5.23. The number of rotatable bonds is 5. The van der Waals surface area contributed by atoms with Gasteiger partial charge in [-0.05, 0) is 31.9 Å². The second-order valence-corrected chi connectivity index (χ2v) is 7.34. The molecule has 0 aromatic carbocycles. The van der Waals surface area contributed by atoms with Gasteiger partial charge in [0.1, 0.15) is 11.3 Å². The standard InChI is InChI=1S/C15H17N5O2S/c1-11-9-16-10-13-14(11)20(12(2)19-13)7-4-8-23(21,22)15-17-5-3-6-18-15/h3,5-6,9-10H,4,7-8H2,1-2H3. The molecule has 120 valence electrons. The lowest BCUT2D eigenvalue weighted by Crippen LogP contribution is -2.13. The summed E-state index contributed by atoms with van der Waals surface area (Å²) in [5, 5.41) is -0.118. The lowest BCUT2D eigenvalue weighted by molar-refractivity contribution is 0.577. The zero-order valence-corrected chi connectivity index (χ0v) is 13.8. The van der Waals surface area contributed by atoms with Crippen molar-refractivity contribution in [3.05, 3.63) is 42.2 Å². The first-order valence-corrected chi connectivity index (χ1v) is 8.91. The van der Waals surface area contributed by atoms with E-state index in [2.05, 4.69) is 19.9 Å². The normalized spacial score (nSPS) is 11.9. The van der Waals surface area contributed by atoms with E-state index in [0.717, 1.165) is 22.4 Å². The highest BCUT2D eigenvalue weighted by molar-refractivity contribution is 7.91. The van der Waals surface area contributed by atoms with Crippen molar-refractivity contribution in [2.45, 2.75) is 32.0 Å². The molecule has 0 atom stereocenters. The molecule has 8 heteroatoms. The molecule has 3 heterocycles. The molecule has 0 aliphatic heterocycles. The summed E-state index contributed by atoms with van der Waals surface area (Å²) < 4.78 is 26.5. The van der Waals surface area contributed by atoms with Crippen molar-refractivity contribution in [1.29, 1.82) is 0 Å². The van der Waals surface area contributed by atoms with Gasteiger partial charge in [0.15, 0.2) is 0 Å². The van der Waals surface area contributed by atoms with Crippen molar-refractivity contribution >= 4 is 20.9 Å². The minimum absolute atomic E-state index is 0.000256. The van der Waals surface area contributed by atoms with Gasteiger partial charge in [-0.15, -0.1) is 0 Å². The van der Waals surface area contributed by atoms with Crippen LogP contribution in [0.3, 0.4) is 0 Å². The molecule has 3 aromatic heterocycles. The van der Waals surface area contributed by atoms with Crippen molar-refractivity contribution in [2.75, 3.05) is 5.75 Å². The maximum absolute atomic E-state index is 12.2. The lowest BCUT2D eigenvalue weighted by Gasteiger charge is -2.08. The van der Waals surface area contributed by atoms with Gasteiger partial charge in [0.2, 0.25) is 15.0 Å². The number of sulfone groups is 1. The Kier molecular flexibility index (Phi) is 4.08. The number of nitrogens with zero attached hydrogens (tertiary/aromatic N) is 5. The number of fused-ring (bicyclic) bond motifs is 1. The third kappa shape index (κ3) is 3.07. The lowest BCUT2D eigenvalue weighted by atomic mass is 10.2. The molecule has 0 aliphatic carbocycles. The zero-order valence-electron chi connectivity index (χ0n) is 13.0. The van der Waals surface area contributed by atoms with E-state index < -0.39 is 9.84 Å². The Labute approximate surface area is 134 Å². The van der Waals surface area contributed by atoms with Crippen LogP contribution in [0, 0.1) is 13.8 Å². The molecule has 0 saturated carbocycles. The Bertz CT molecular complexity index is 935. The largest absolute Gasteiger partial charge is 0.328 e. The summed E-state index contributed by atoms with van der Waals surface area (Å²) in [5.74, 6) is 0.852. The first-order chi connectivity index (χ1) is 11.0. The van der Waals surface area contributed by atoms with Crippen LogP contribution in [0.25, 0.3) is 11.0 Å². The van der Waals surface area contributed by atoms with Gasteiger partial charge < -0.3 is 4.57 Å². The number of pyridine rings is 1. The molecule has 3 rings (SSSR count). The maximum atomic E-state index is 12.2. The van der Waals surface area contributed by atoms with E-state index in [4.69, 9.17) is 0 Å². The summed E-state index contributed by atoms with van der Waals surface area (Å²) >= 11 is 0. The predicted octanol–water partition coefficient (Wildman–Crippen LogP) is 1.70. The van der Waals surface area contributed by atoms with Crippen molar-refractivity contribution in [2.24, 2.45) is 0 Å². The van der Waals surface area contributed by atoms with Gasteiger partial charge in [0.25, 0.3) is 0 Å². The van der Waals surface area contributed by atoms with Crippen LogP contribution in [0.4, 0.5) is 0 Å². The Morgan fingerprint density at radius 2 is 1.87 bits per heavy atom. The van der Waals surface area contributed by atoms with Gasteiger partial charge in [-0.25, -0.2) is 23.4 Å². The Hall–Kier alpha value is -2.35. The highest BCUT2D eigenvalue weighted by Crippen LogP contribution is 2.19. The molecule has 0 fully saturated rings. The number of aryl methyl sites for hydroxylation is 3. The average molecular weight is 331 g/mol. The third-order valence-electron chi connectivity index (χ3n) is 3.64. The van der Waals surface area contributed by atoms with E-state index in [9.17, 15) is 8.42 Å². The van der Waals surface area contributed by atoms with Crippen molar-refractivity contribution in [3.63, 3.8) is 0 Å². The summed E-state index contributed by atoms with van der Waals surface area (Å²) in [7, 11) is -3.46. The summed E-state index contributed by atoms with van der Waals surface area (Å²) in [6.07, 6.45) is 6.84. The van der Waals surface area contributed by atoms with E-state index in [0.29, 0.717) is 13.0 Å². The van der Waals surface area contributed by atoms with Gasteiger partial charge in [-0.1, -0.05) is 0 Å². The Morgan fingerprint density at radius 1 is 1.13 bits per heavy atom. The van der Waals surface area contributed by atoms with E-state index in [1.54, 1.807) is 18.5 Å². The topological polar surface area (TPSA) is 90.6 Å². The SMILES string of the molecule is Cc1cncc2nc(C)n(CCCS(=O)(=O)c3ncccn3)c12. The highest BCUT2D eigenvalue weighted by Gasteiger charge is 2.18. The molecule has 7 nitrogen and oxygen atoms in total. The van der Waals surface area contributed by atoms with Crippen molar-refractivity contribution in [1.82, 2.24) is 24.5 Å². The van der Waals surface area contributed by atoms with Gasteiger partial charge in [-0.2, -0.15) is 0 Å². The van der Waals surface area contributed by atoms with E-state index in [1.165, 1.54) is 12.4 Å². The molecule has 0 spiro atoms. The smallest absolute Gasteiger partial charge is 0.246 e. The summed E-state index contributed by atoms with van der Waals surface area (Å²) in [6, 6.07) is 1.59. The molecule has 0 amide bonds. The molecule has 0 unspecified atom stereocenters. The van der Waals surface area contributed by atoms with E-state index in [1.807, 2.05) is 18.4 Å². The molecule has 3 aromatic rings. The van der Waals surface area contributed by atoms with Crippen LogP contribution in [0.15, 0.2) is 36.0 Å². The molecule has 0 saturated heterocycles. The van der Waals surface area contributed by atoms with Crippen molar-refractivity contribution in [3.8, 4) is 0 Å². The van der Waals surface area contributed by atoms with Crippen LogP contribution < -0.4 is 0 Å². The van der Waals surface area contributed by atoms with Crippen LogP contribution in [-0.2, 0) is 16.4 Å². The Balaban J connectivity index is 1.79. The molecular formula is C15H17N5O2S. The average Bonchev–Trinajstić information content (AvgIpc) is 2.85. The minimum Gasteiger partial charge on any atom is -0.328 e. The molecule has 0 aliphatic rings. The van der Waals surface area contributed by atoms with Crippen LogP contribution in [0.2, 0.25) is 0 Å². The fourth-order valence-corrected chi connectivity index (χ4v) is 3.73. The monoisotopic (exact) mass is 331 g/mol. The number of hydrogen-bond donors (Lipinski definition) is 0. The Morgan fingerprint density at radius 3 is 2.61 bits per heavy atom. The maximum Gasteiger partial charge on any atom is 0.246 e. The summed E-state index contributed by atoms with van der Waals surface area (Å²) in [4.78, 5) is 16.3. The molecular weight excluding hydrogens is 314 g/mol. The van der Waals surface area contributed by atoms with Gasteiger partial charge in [0.05, 0.1) is 17.5 Å². The second kappa shape index (κ2) is 6.04. The molecule has 0 radical (unpaired) electrons. The minimum atomic E-state index is -3.46. The summed E-state index contributed by atoms with van der Waals surface area (Å²) in [5.41, 5.74) is 2.86. The molecule has 0 N–H and O–H groups in total. The fraction of sp³-hybridized carbons (Fsp3) is 0.333. The first-order valence-electron chi connectivity index (χ1n) is 7.26. The number of aromatic nitrogens is 5. The van der Waals surface area contributed by atoms with Gasteiger partial charge >= 0.3 is 0 Å². The number of imidazole rings is 1.